The molecule has 3 rings (SSSR count). The zero-order valence-electron chi connectivity index (χ0n) is 15.5. The molecule has 0 fully saturated rings. The van der Waals surface area contributed by atoms with E-state index in [1.807, 2.05) is 0 Å². The summed E-state index contributed by atoms with van der Waals surface area (Å²) in [5.41, 5.74) is -1.29. The number of halogens is 3. The minimum absolute atomic E-state index is 0.216. The lowest BCUT2D eigenvalue weighted by molar-refractivity contribution is -0.206. The van der Waals surface area contributed by atoms with Gasteiger partial charge in [0.2, 0.25) is 6.10 Å². The molecular formula is C21H18F3N3O3. The molecule has 1 amide bonds. The van der Waals surface area contributed by atoms with Gasteiger partial charge in [-0.25, -0.2) is 0 Å². The summed E-state index contributed by atoms with van der Waals surface area (Å²) >= 11 is 0. The quantitative estimate of drug-likeness (QED) is 0.573. The van der Waals surface area contributed by atoms with Crippen molar-refractivity contribution in [2.75, 3.05) is 0 Å². The van der Waals surface area contributed by atoms with Crippen LogP contribution in [0.4, 0.5) is 13.2 Å². The van der Waals surface area contributed by atoms with E-state index in [2.05, 4.69) is 15.3 Å². The highest BCUT2D eigenvalue weighted by molar-refractivity contribution is 5.82. The maximum absolute atomic E-state index is 12.9. The molecule has 9 heteroatoms. The van der Waals surface area contributed by atoms with E-state index in [1.54, 1.807) is 42.5 Å². The van der Waals surface area contributed by atoms with E-state index in [0.29, 0.717) is 5.56 Å². The molecule has 6 nitrogen and oxygen atoms in total. The number of carbonyl (C=O) groups excluding carboxylic acids is 1. The second-order valence-electron chi connectivity index (χ2n) is 6.55. The summed E-state index contributed by atoms with van der Waals surface area (Å²) in [7, 11) is 0. The fourth-order valence-corrected chi connectivity index (χ4v) is 3.12. The van der Waals surface area contributed by atoms with Crippen molar-refractivity contribution in [2.45, 2.75) is 23.9 Å². The molecule has 0 saturated heterocycles. The lowest BCUT2D eigenvalue weighted by atomic mass is 9.78. The van der Waals surface area contributed by atoms with Gasteiger partial charge in [0.15, 0.2) is 0 Å². The number of nitrogens with zero attached hydrogens (tertiary/aromatic N) is 2. The Labute approximate surface area is 170 Å². The molecule has 0 aliphatic carbocycles. The Balaban J connectivity index is 2.17. The number of rotatable bonds is 6. The molecule has 1 aromatic carbocycles. The van der Waals surface area contributed by atoms with E-state index < -0.39 is 29.8 Å². The summed E-state index contributed by atoms with van der Waals surface area (Å²) in [5, 5.41) is 23.4. The van der Waals surface area contributed by atoms with E-state index in [9.17, 15) is 28.2 Å². The maximum atomic E-state index is 12.9. The Morgan fingerprint density at radius 1 is 0.900 bits per heavy atom. The van der Waals surface area contributed by atoms with Crippen LogP contribution in [0.2, 0.25) is 0 Å². The van der Waals surface area contributed by atoms with Gasteiger partial charge >= 0.3 is 6.18 Å². The van der Waals surface area contributed by atoms with Crippen LogP contribution in [0.3, 0.4) is 0 Å². The van der Waals surface area contributed by atoms with Crippen molar-refractivity contribution in [3.63, 3.8) is 0 Å². The van der Waals surface area contributed by atoms with Gasteiger partial charge in [0.05, 0.1) is 6.04 Å². The van der Waals surface area contributed by atoms with E-state index >= 15 is 0 Å². The van der Waals surface area contributed by atoms with Crippen LogP contribution >= 0.6 is 0 Å². The van der Waals surface area contributed by atoms with Crippen LogP contribution in [-0.4, -0.2) is 38.4 Å². The number of amides is 1. The summed E-state index contributed by atoms with van der Waals surface area (Å²) in [4.78, 5) is 20.2. The average Bonchev–Trinajstić information content (AvgIpc) is 2.77. The highest BCUT2D eigenvalue weighted by atomic mass is 19.4. The van der Waals surface area contributed by atoms with Gasteiger partial charge in [-0.3, -0.25) is 14.8 Å². The first-order valence-corrected chi connectivity index (χ1v) is 8.88. The number of pyridine rings is 2. The molecule has 30 heavy (non-hydrogen) atoms. The molecule has 2 aromatic heterocycles. The molecule has 2 unspecified atom stereocenters. The molecule has 0 saturated carbocycles. The van der Waals surface area contributed by atoms with E-state index in [0.717, 1.165) is 0 Å². The topological polar surface area (TPSA) is 95.3 Å². The van der Waals surface area contributed by atoms with Crippen LogP contribution < -0.4 is 5.32 Å². The van der Waals surface area contributed by atoms with Crippen LogP contribution in [-0.2, 0) is 10.4 Å². The van der Waals surface area contributed by atoms with Crippen molar-refractivity contribution < 1.29 is 28.2 Å². The summed E-state index contributed by atoms with van der Waals surface area (Å²) < 4.78 is 38.7. The fraction of sp³-hybridized carbons (Fsp3) is 0.190. The minimum Gasteiger partial charge on any atom is -0.378 e. The average molecular weight is 417 g/mol. The van der Waals surface area contributed by atoms with Gasteiger partial charge in [-0.2, -0.15) is 13.2 Å². The number of alkyl halides is 3. The Kier molecular flexibility index (Phi) is 6.14. The lowest BCUT2D eigenvalue weighted by Gasteiger charge is -2.38. The van der Waals surface area contributed by atoms with E-state index in [4.69, 9.17) is 0 Å². The molecule has 0 spiro atoms. The van der Waals surface area contributed by atoms with Crippen molar-refractivity contribution in [3.05, 3.63) is 96.1 Å². The van der Waals surface area contributed by atoms with Crippen LogP contribution in [0, 0.1) is 0 Å². The largest absolute Gasteiger partial charge is 0.423 e. The number of benzene rings is 1. The van der Waals surface area contributed by atoms with Gasteiger partial charge < -0.3 is 15.5 Å². The Morgan fingerprint density at radius 3 is 1.87 bits per heavy atom. The normalized spacial score (nSPS) is 14.0. The van der Waals surface area contributed by atoms with Crippen molar-refractivity contribution >= 4 is 5.91 Å². The van der Waals surface area contributed by atoms with Gasteiger partial charge in [0.1, 0.15) is 5.60 Å². The SMILES string of the molecule is O=C(NC(c1ccccc1)C(O)(c1cccnc1)c1cccnc1)C(O)C(F)(F)F. The monoisotopic (exact) mass is 417 g/mol. The zero-order chi connectivity index (χ0) is 21.8. The third-order valence-electron chi connectivity index (χ3n) is 4.60. The van der Waals surface area contributed by atoms with Crippen LogP contribution in [0.15, 0.2) is 79.4 Å². The second kappa shape index (κ2) is 8.60. The van der Waals surface area contributed by atoms with Gasteiger partial charge in [-0.1, -0.05) is 42.5 Å². The Hall–Kier alpha value is -3.30. The van der Waals surface area contributed by atoms with Crippen LogP contribution in [0.1, 0.15) is 22.7 Å². The maximum Gasteiger partial charge on any atom is 0.423 e. The fourth-order valence-electron chi connectivity index (χ4n) is 3.12. The van der Waals surface area contributed by atoms with Gasteiger partial charge in [0.25, 0.3) is 5.91 Å². The smallest absolute Gasteiger partial charge is 0.378 e. The first-order chi connectivity index (χ1) is 14.2. The molecule has 0 aliphatic heterocycles. The van der Waals surface area contributed by atoms with Gasteiger partial charge in [-0.05, 0) is 17.7 Å². The number of aliphatic hydroxyl groups is 2. The zero-order valence-corrected chi connectivity index (χ0v) is 15.5. The third kappa shape index (κ3) is 4.32. The highest BCUT2D eigenvalue weighted by Crippen LogP contribution is 2.41. The van der Waals surface area contributed by atoms with Crippen molar-refractivity contribution in [3.8, 4) is 0 Å². The molecule has 156 valence electrons. The molecular weight excluding hydrogens is 399 g/mol. The summed E-state index contributed by atoms with van der Waals surface area (Å²) in [6.07, 6.45) is -2.79. The number of hydrogen-bond acceptors (Lipinski definition) is 5. The predicted octanol–water partition coefficient (Wildman–Crippen LogP) is 2.49. The standard InChI is InChI=1S/C21H18F3N3O3/c22-21(23,24)18(28)19(29)27-17(14-6-2-1-3-7-14)20(30,15-8-4-10-25-12-15)16-9-5-11-26-13-16/h1-13,17-18,28,30H,(H,27,29). The predicted molar refractivity (Wildman–Crippen MR) is 101 cm³/mol. The summed E-state index contributed by atoms with van der Waals surface area (Å²) in [6, 6.07) is 12.8. The summed E-state index contributed by atoms with van der Waals surface area (Å²) in [5.74, 6) is -1.69. The number of nitrogens with one attached hydrogen (secondary N) is 1. The van der Waals surface area contributed by atoms with Crippen molar-refractivity contribution in [2.24, 2.45) is 0 Å². The number of carbonyl (C=O) groups is 1. The van der Waals surface area contributed by atoms with E-state index in [-0.39, 0.29) is 11.1 Å². The molecule has 2 atom stereocenters. The Morgan fingerprint density at radius 2 is 1.43 bits per heavy atom. The number of aliphatic hydroxyl groups excluding tert-OH is 1. The Bertz CT molecular complexity index is 931. The highest BCUT2D eigenvalue weighted by Gasteiger charge is 2.48. The first kappa shape index (κ1) is 21.4. The number of hydrogen-bond donors (Lipinski definition) is 3. The van der Waals surface area contributed by atoms with E-state index in [1.165, 1.54) is 36.9 Å². The molecule has 3 N–H and O–H groups in total. The molecule has 0 radical (unpaired) electrons. The summed E-state index contributed by atoms with van der Waals surface area (Å²) in [6.45, 7) is 0. The third-order valence-corrected chi connectivity index (χ3v) is 4.60. The molecule has 0 bridgehead atoms. The van der Waals surface area contributed by atoms with Gasteiger partial charge in [-0.15, -0.1) is 0 Å². The molecule has 2 heterocycles. The first-order valence-electron chi connectivity index (χ1n) is 8.88. The van der Waals surface area contributed by atoms with Crippen molar-refractivity contribution in [1.29, 1.82) is 0 Å². The van der Waals surface area contributed by atoms with Crippen LogP contribution in [0.25, 0.3) is 0 Å². The van der Waals surface area contributed by atoms with Crippen molar-refractivity contribution in [1.82, 2.24) is 15.3 Å². The molecule has 0 aliphatic rings. The second-order valence-corrected chi connectivity index (χ2v) is 6.55. The van der Waals surface area contributed by atoms with Crippen LogP contribution in [0.5, 0.6) is 0 Å². The lowest BCUT2D eigenvalue weighted by Crippen LogP contribution is -2.51. The van der Waals surface area contributed by atoms with Gasteiger partial charge in [0, 0.05) is 35.9 Å². The molecule has 3 aromatic rings. The minimum atomic E-state index is -5.16. The number of aromatic nitrogens is 2.